The van der Waals surface area contributed by atoms with Crippen molar-refractivity contribution in [1.82, 2.24) is 9.21 Å². The van der Waals surface area contributed by atoms with Crippen LogP contribution in [0.25, 0.3) is 0 Å². The quantitative estimate of drug-likeness (QED) is 0.494. The fourth-order valence-electron chi connectivity index (χ4n) is 3.89. The van der Waals surface area contributed by atoms with Gasteiger partial charge in [0.1, 0.15) is 17.0 Å². The Morgan fingerprint density at radius 3 is 2.51 bits per heavy atom. The second kappa shape index (κ2) is 10.4. The van der Waals surface area contributed by atoms with Crippen LogP contribution in [0.3, 0.4) is 0 Å². The van der Waals surface area contributed by atoms with E-state index in [0.29, 0.717) is 16.9 Å². The number of likely N-dealkylation sites (tertiary alicyclic amines) is 1. The maximum atomic E-state index is 13.1. The van der Waals surface area contributed by atoms with E-state index in [1.54, 1.807) is 32.9 Å². The number of nitrogens with zero attached hydrogens (tertiary/aromatic N) is 2. The van der Waals surface area contributed by atoms with Crippen LogP contribution in [0.15, 0.2) is 23.1 Å². The summed E-state index contributed by atoms with van der Waals surface area (Å²) >= 11 is 12.8. The van der Waals surface area contributed by atoms with Crippen LogP contribution in [-0.2, 0) is 19.5 Å². The smallest absolute Gasteiger partial charge is 0.411 e. The second-order valence-corrected chi connectivity index (χ2v) is 12.2. The molecule has 1 amide bonds. The summed E-state index contributed by atoms with van der Waals surface area (Å²) in [5.74, 6) is 0.333. The zero-order chi connectivity index (χ0) is 26.2. The third-order valence-electron chi connectivity index (χ3n) is 5.50. The summed E-state index contributed by atoms with van der Waals surface area (Å²) < 4.78 is 43.0. The number of aliphatic hydroxyl groups excluding tert-OH is 1. The van der Waals surface area contributed by atoms with Crippen molar-refractivity contribution < 1.29 is 37.6 Å². The Balaban J connectivity index is 1.99. The highest BCUT2D eigenvalue weighted by molar-refractivity contribution is 7.92. The molecule has 196 valence electrons. The first-order valence-electron chi connectivity index (χ1n) is 10.8. The number of hydrogen-bond acceptors (Lipinski definition) is 8. The first-order chi connectivity index (χ1) is 16.2. The van der Waals surface area contributed by atoms with Crippen molar-refractivity contribution in [3.63, 3.8) is 0 Å². The van der Waals surface area contributed by atoms with Crippen molar-refractivity contribution >= 4 is 39.3 Å². The molecule has 1 atom stereocenters. The van der Waals surface area contributed by atoms with E-state index in [0.717, 1.165) is 9.71 Å². The Morgan fingerprint density at radius 1 is 1.29 bits per heavy atom. The van der Waals surface area contributed by atoms with Crippen molar-refractivity contribution in [1.29, 1.82) is 0 Å². The lowest BCUT2D eigenvalue weighted by Crippen LogP contribution is -2.64. The molecule has 2 aliphatic heterocycles. The Morgan fingerprint density at radius 2 is 1.94 bits per heavy atom. The molecule has 2 saturated heterocycles. The summed E-state index contributed by atoms with van der Waals surface area (Å²) in [4.78, 5) is 14.5. The van der Waals surface area contributed by atoms with Crippen LogP contribution >= 0.6 is 23.2 Å². The second-order valence-electron chi connectivity index (χ2n) is 9.62. The van der Waals surface area contributed by atoms with Crippen molar-refractivity contribution in [3.8, 4) is 5.75 Å². The summed E-state index contributed by atoms with van der Waals surface area (Å²) in [6.07, 6.45) is -0.532. The number of carbonyl (C=O) groups is 1. The van der Waals surface area contributed by atoms with E-state index in [4.69, 9.17) is 37.4 Å². The molecule has 2 fully saturated rings. The molecule has 2 N–H and O–H groups in total. The van der Waals surface area contributed by atoms with Gasteiger partial charge >= 0.3 is 6.09 Å². The molecule has 3 rings (SSSR count). The third-order valence-corrected chi connectivity index (χ3v) is 7.93. The van der Waals surface area contributed by atoms with E-state index >= 15 is 0 Å². The molecule has 2 heterocycles. The molecule has 35 heavy (non-hydrogen) atoms. The van der Waals surface area contributed by atoms with Gasteiger partial charge in [-0.15, -0.1) is 0 Å². The largest absolute Gasteiger partial charge is 0.467 e. The third kappa shape index (κ3) is 6.40. The van der Waals surface area contributed by atoms with Crippen molar-refractivity contribution in [2.45, 2.75) is 44.4 Å². The number of β-amino-alcohol motifs (C(OH)–C–C–N with tert-alkyl or cyclic N) is 1. The van der Waals surface area contributed by atoms with Gasteiger partial charge in [0.2, 0.25) is 10.0 Å². The Labute approximate surface area is 215 Å². The minimum atomic E-state index is -3.91. The van der Waals surface area contributed by atoms with Crippen LogP contribution < -0.4 is 4.74 Å². The molecule has 0 aliphatic carbocycles. The average Bonchev–Trinajstić information content (AvgIpc) is 3.13. The lowest BCUT2D eigenvalue weighted by Gasteiger charge is -2.43. The molecule has 0 aromatic heterocycles. The SMILES string of the molecule is COCOc1ccc(Cl)c(Cl)c1C1C/C(=C\S(=O)(=O)N2CC(O)(CO)C2)CN1C(=O)OC(C)(C)C. The molecule has 1 aromatic carbocycles. The van der Waals surface area contributed by atoms with Crippen molar-refractivity contribution in [2.75, 3.05) is 40.1 Å². The van der Waals surface area contributed by atoms with Gasteiger partial charge in [-0.1, -0.05) is 23.2 Å². The number of amides is 1. The highest BCUT2D eigenvalue weighted by Gasteiger charge is 2.47. The number of aliphatic hydroxyl groups is 2. The van der Waals surface area contributed by atoms with Gasteiger partial charge in [0.25, 0.3) is 0 Å². The van der Waals surface area contributed by atoms with Crippen LogP contribution in [0.5, 0.6) is 5.75 Å². The van der Waals surface area contributed by atoms with Gasteiger partial charge in [0.15, 0.2) is 6.79 Å². The average molecular weight is 553 g/mol. The number of halogens is 2. The minimum absolute atomic E-state index is 0.0382. The Bertz CT molecular complexity index is 1100. The van der Waals surface area contributed by atoms with Crippen LogP contribution in [0.1, 0.15) is 38.8 Å². The predicted molar refractivity (Wildman–Crippen MR) is 130 cm³/mol. The van der Waals surface area contributed by atoms with Gasteiger partial charge in [0, 0.05) is 37.7 Å². The van der Waals surface area contributed by atoms with Gasteiger partial charge in [-0.3, -0.25) is 4.90 Å². The van der Waals surface area contributed by atoms with Crippen LogP contribution in [0.2, 0.25) is 10.0 Å². The van der Waals surface area contributed by atoms with Gasteiger partial charge in [-0.2, -0.15) is 4.31 Å². The standard InChI is InChI=1S/C22H30Cl2N2O8S/c1-21(2,3)34-20(28)26-8-14(9-35(30,31)25-10-22(29,11-25)12-27)7-16(26)18-17(33-13-32-4)6-5-15(23)19(18)24/h5-6,9,16,27,29H,7-8,10-13H2,1-4H3/b14-9+. The lowest BCUT2D eigenvalue weighted by atomic mass is 9.99. The topological polar surface area (TPSA) is 126 Å². The van der Waals surface area contributed by atoms with E-state index in [-0.39, 0.29) is 42.9 Å². The Hall–Kier alpha value is -1.60. The first kappa shape index (κ1) is 28.0. The van der Waals surface area contributed by atoms with Crippen LogP contribution in [-0.4, -0.2) is 85.3 Å². The number of carbonyl (C=O) groups excluding carboxylic acids is 1. The fourth-order valence-corrected chi connectivity index (χ4v) is 5.92. The maximum Gasteiger partial charge on any atom is 0.411 e. The molecule has 13 heteroatoms. The number of ether oxygens (including phenoxy) is 3. The van der Waals surface area contributed by atoms with E-state index in [1.165, 1.54) is 12.0 Å². The van der Waals surface area contributed by atoms with E-state index < -0.39 is 40.0 Å². The highest BCUT2D eigenvalue weighted by atomic mass is 35.5. The number of hydrogen-bond donors (Lipinski definition) is 2. The normalized spacial score (nSPS) is 21.8. The van der Waals surface area contributed by atoms with Gasteiger partial charge < -0.3 is 24.4 Å². The molecular formula is C22H30Cl2N2O8S. The number of rotatable bonds is 7. The molecule has 0 spiro atoms. The minimum Gasteiger partial charge on any atom is -0.467 e. The summed E-state index contributed by atoms with van der Waals surface area (Å²) in [7, 11) is -2.45. The summed E-state index contributed by atoms with van der Waals surface area (Å²) in [6.45, 7) is 4.08. The summed E-state index contributed by atoms with van der Waals surface area (Å²) in [5.41, 5.74) is -1.41. The van der Waals surface area contributed by atoms with E-state index in [9.17, 15) is 23.4 Å². The van der Waals surface area contributed by atoms with Gasteiger partial charge in [-0.25, -0.2) is 13.2 Å². The molecule has 1 unspecified atom stereocenters. The number of methoxy groups -OCH3 is 1. The molecule has 0 radical (unpaired) electrons. The first-order valence-corrected chi connectivity index (χ1v) is 13.1. The summed E-state index contributed by atoms with van der Waals surface area (Å²) in [5, 5.41) is 20.7. The van der Waals surface area contributed by atoms with Gasteiger partial charge in [0.05, 0.1) is 22.7 Å². The van der Waals surface area contributed by atoms with Crippen molar-refractivity contribution in [3.05, 3.63) is 38.7 Å². The summed E-state index contributed by atoms with van der Waals surface area (Å²) in [6, 6.07) is 2.43. The van der Waals surface area contributed by atoms with Crippen molar-refractivity contribution in [2.24, 2.45) is 0 Å². The number of sulfonamides is 1. The number of benzene rings is 1. The predicted octanol–water partition coefficient (Wildman–Crippen LogP) is 2.91. The zero-order valence-electron chi connectivity index (χ0n) is 20.0. The molecule has 0 saturated carbocycles. The lowest BCUT2D eigenvalue weighted by molar-refractivity contribution is -0.0929. The monoisotopic (exact) mass is 552 g/mol. The molecule has 1 aromatic rings. The maximum absolute atomic E-state index is 13.1. The van der Waals surface area contributed by atoms with Crippen LogP contribution in [0.4, 0.5) is 4.79 Å². The fraction of sp³-hybridized carbons (Fsp3) is 0.591. The van der Waals surface area contributed by atoms with Gasteiger partial charge in [-0.05, 0) is 44.9 Å². The Kier molecular flexibility index (Phi) is 8.32. The zero-order valence-corrected chi connectivity index (χ0v) is 22.3. The van der Waals surface area contributed by atoms with E-state index in [2.05, 4.69) is 0 Å². The molecule has 10 nitrogen and oxygen atoms in total. The van der Waals surface area contributed by atoms with Crippen LogP contribution in [0, 0.1) is 0 Å². The highest BCUT2D eigenvalue weighted by Crippen LogP contribution is 2.46. The van der Waals surface area contributed by atoms with E-state index in [1.807, 2.05) is 0 Å². The molecule has 2 aliphatic rings. The molecule has 0 bridgehead atoms. The molecular weight excluding hydrogens is 523 g/mol.